The van der Waals surface area contributed by atoms with Gasteiger partial charge in [0, 0.05) is 13.0 Å². The van der Waals surface area contributed by atoms with Gasteiger partial charge in [0.1, 0.15) is 19.8 Å². The minimum atomic E-state index is -1.08. The van der Waals surface area contributed by atoms with Gasteiger partial charge in [0.2, 0.25) is 5.96 Å². The minimum absolute atomic E-state index is 0.00399. The molecule has 266 valence electrons. The molecule has 3 aromatic rings. The number of ketones is 1. The Hall–Kier alpha value is -5.72. The molecule has 0 aliphatic heterocycles. The fraction of sp³-hybridized carbons (Fsp3) is 0.351. The van der Waals surface area contributed by atoms with Gasteiger partial charge in [-0.2, -0.15) is 0 Å². The molecule has 0 fully saturated rings. The Morgan fingerprint density at radius 2 is 1.12 bits per heavy atom. The summed E-state index contributed by atoms with van der Waals surface area (Å²) >= 11 is 0. The first kappa shape index (κ1) is 38.7. The number of alkyl carbamates (subject to hydrolysis) is 3. The molecule has 3 aromatic carbocycles. The lowest BCUT2D eigenvalue weighted by Gasteiger charge is -2.20. The molecule has 4 N–H and O–H groups in total. The second-order valence-corrected chi connectivity index (χ2v) is 11.4. The zero-order valence-electron chi connectivity index (χ0n) is 28.0. The van der Waals surface area contributed by atoms with E-state index in [2.05, 4.69) is 20.9 Å². The molecule has 0 aliphatic carbocycles. The Morgan fingerprint density at radius 1 is 0.660 bits per heavy atom. The van der Waals surface area contributed by atoms with Crippen molar-refractivity contribution in [2.24, 2.45) is 10.9 Å². The van der Waals surface area contributed by atoms with Crippen LogP contribution in [0, 0.1) is 5.92 Å². The average molecular weight is 689 g/mol. The first-order valence-electron chi connectivity index (χ1n) is 16.5. The van der Waals surface area contributed by atoms with Crippen molar-refractivity contribution >= 4 is 36.0 Å². The molecule has 0 saturated heterocycles. The molecule has 3 amide bonds. The number of amides is 3. The standard InChI is InChI=1S/C37H44N4O9/c1-2-3-20-30(33(43)44)23-32(42)31(39-35(45)48-24-27-14-7-4-8-15-27)21-13-22-38-34(40-36(46)49-25-28-16-9-5-10-17-28)41-37(47)50-26-29-18-11-6-12-19-29/h4-12,14-19,30-31H,2-3,13,20-26H2,1H3,(H,39,45)(H,43,44)(H2,38,40,41,46,47)/t30-,31+/m1/s1. The van der Waals surface area contributed by atoms with Crippen molar-refractivity contribution in [1.82, 2.24) is 16.0 Å². The predicted octanol–water partition coefficient (Wildman–Crippen LogP) is 6.12. The molecule has 0 aromatic heterocycles. The van der Waals surface area contributed by atoms with E-state index >= 15 is 0 Å². The van der Waals surface area contributed by atoms with Gasteiger partial charge in [-0.15, -0.1) is 0 Å². The van der Waals surface area contributed by atoms with E-state index in [-0.39, 0.29) is 51.6 Å². The van der Waals surface area contributed by atoms with Crippen molar-refractivity contribution in [3.05, 3.63) is 108 Å². The molecule has 0 bridgehead atoms. The molecule has 0 unspecified atom stereocenters. The highest BCUT2D eigenvalue weighted by Gasteiger charge is 2.27. The Labute approximate surface area is 291 Å². The second kappa shape index (κ2) is 22.0. The van der Waals surface area contributed by atoms with Crippen LogP contribution in [0.15, 0.2) is 96.0 Å². The van der Waals surface area contributed by atoms with Crippen LogP contribution in [-0.2, 0) is 43.6 Å². The van der Waals surface area contributed by atoms with Gasteiger partial charge in [-0.05, 0) is 36.0 Å². The number of carboxylic acid groups (broad SMARTS) is 1. The smallest absolute Gasteiger partial charge is 0.414 e. The van der Waals surface area contributed by atoms with E-state index in [9.17, 15) is 29.1 Å². The lowest BCUT2D eigenvalue weighted by atomic mass is 9.92. The first-order chi connectivity index (χ1) is 24.2. The van der Waals surface area contributed by atoms with E-state index in [1.54, 1.807) is 72.8 Å². The van der Waals surface area contributed by atoms with Crippen LogP contribution in [0.2, 0.25) is 0 Å². The zero-order valence-corrected chi connectivity index (χ0v) is 28.0. The molecule has 0 saturated carbocycles. The largest absolute Gasteiger partial charge is 0.481 e. The highest BCUT2D eigenvalue weighted by molar-refractivity contribution is 6.01. The van der Waals surface area contributed by atoms with Crippen LogP contribution < -0.4 is 16.0 Å². The molecule has 3 rings (SSSR count). The summed E-state index contributed by atoms with van der Waals surface area (Å²) in [6.07, 6.45) is -0.834. The monoisotopic (exact) mass is 688 g/mol. The molecule has 2 atom stereocenters. The Kier molecular flexibility index (Phi) is 17.1. The van der Waals surface area contributed by atoms with Crippen LogP contribution >= 0.6 is 0 Å². The number of unbranched alkanes of at least 4 members (excludes halogenated alkanes) is 1. The number of Topliss-reactive ketones (excluding diaryl/α,β-unsaturated/α-hetero) is 1. The Morgan fingerprint density at radius 3 is 1.56 bits per heavy atom. The SMILES string of the molecule is CCCC[C@H](CC(=O)[C@H](CCCN=C(NC(=O)OCc1ccccc1)NC(=O)OCc1ccccc1)NC(=O)OCc1ccccc1)C(=O)O. The number of aliphatic imine (C=N–C) groups is 1. The number of nitrogens with zero attached hydrogens (tertiary/aromatic N) is 1. The maximum atomic E-state index is 13.3. The molecule has 13 nitrogen and oxygen atoms in total. The molecular formula is C37H44N4O9. The number of carboxylic acids is 1. The van der Waals surface area contributed by atoms with Crippen LogP contribution in [0.5, 0.6) is 0 Å². The summed E-state index contributed by atoms with van der Waals surface area (Å²) in [6, 6.07) is 26.0. The number of rotatable bonds is 18. The van der Waals surface area contributed by atoms with Crippen molar-refractivity contribution in [3.63, 3.8) is 0 Å². The number of carbonyl (C=O) groups is 5. The van der Waals surface area contributed by atoms with Gasteiger partial charge in [-0.1, -0.05) is 111 Å². The number of hydrogen-bond donors (Lipinski definition) is 4. The summed E-state index contributed by atoms with van der Waals surface area (Å²) in [5, 5.41) is 17.1. The van der Waals surface area contributed by atoms with Gasteiger partial charge < -0.3 is 24.6 Å². The van der Waals surface area contributed by atoms with Crippen LogP contribution in [0.1, 0.15) is 62.1 Å². The van der Waals surface area contributed by atoms with Crippen molar-refractivity contribution in [2.45, 2.75) is 71.3 Å². The summed E-state index contributed by atoms with van der Waals surface area (Å²) in [4.78, 5) is 67.3. The first-order valence-corrected chi connectivity index (χ1v) is 16.5. The maximum absolute atomic E-state index is 13.3. The summed E-state index contributed by atoms with van der Waals surface area (Å²) in [6.45, 7) is 1.86. The van der Waals surface area contributed by atoms with Crippen LogP contribution in [0.4, 0.5) is 14.4 Å². The number of guanidine groups is 1. The lowest BCUT2D eigenvalue weighted by Crippen LogP contribution is -2.44. The Balaban J connectivity index is 1.65. The van der Waals surface area contributed by atoms with Gasteiger partial charge in [0.15, 0.2) is 5.78 Å². The predicted molar refractivity (Wildman–Crippen MR) is 185 cm³/mol. The fourth-order valence-electron chi connectivity index (χ4n) is 4.68. The van der Waals surface area contributed by atoms with E-state index in [0.29, 0.717) is 12.8 Å². The third kappa shape index (κ3) is 15.5. The average Bonchev–Trinajstić information content (AvgIpc) is 3.13. The zero-order chi connectivity index (χ0) is 36.0. The quantitative estimate of drug-likeness (QED) is 0.0530. The number of nitrogens with one attached hydrogen (secondary N) is 3. The number of hydrogen-bond acceptors (Lipinski definition) is 9. The molecule has 50 heavy (non-hydrogen) atoms. The van der Waals surface area contributed by atoms with Crippen LogP contribution in [-0.4, -0.2) is 53.7 Å². The molecule has 0 aliphatic rings. The van der Waals surface area contributed by atoms with Gasteiger partial charge >= 0.3 is 24.2 Å². The lowest BCUT2D eigenvalue weighted by molar-refractivity contribution is -0.144. The summed E-state index contributed by atoms with van der Waals surface area (Å²) in [5.41, 5.74) is 2.26. The second-order valence-electron chi connectivity index (χ2n) is 11.4. The molecule has 0 heterocycles. The van der Waals surface area contributed by atoms with Crippen molar-refractivity contribution in [1.29, 1.82) is 0 Å². The van der Waals surface area contributed by atoms with Crippen LogP contribution in [0.25, 0.3) is 0 Å². The van der Waals surface area contributed by atoms with E-state index in [4.69, 9.17) is 14.2 Å². The summed E-state index contributed by atoms with van der Waals surface area (Å²) in [7, 11) is 0. The third-order valence-electron chi connectivity index (χ3n) is 7.38. The number of ether oxygens (including phenoxy) is 3. The fourth-order valence-corrected chi connectivity index (χ4v) is 4.68. The summed E-state index contributed by atoms with van der Waals surface area (Å²) in [5.74, 6) is -2.68. The van der Waals surface area contributed by atoms with Crippen molar-refractivity contribution < 1.29 is 43.3 Å². The van der Waals surface area contributed by atoms with Gasteiger partial charge in [0.25, 0.3) is 0 Å². The number of benzene rings is 3. The van der Waals surface area contributed by atoms with Crippen molar-refractivity contribution in [3.8, 4) is 0 Å². The minimum Gasteiger partial charge on any atom is -0.481 e. The molecule has 0 spiro atoms. The van der Waals surface area contributed by atoms with E-state index in [0.717, 1.165) is 23.1 Å². The molecule has 13 heteroatoms. The van der Waals surface area contributed by atoms with Crippen molar-refractivity contribution in [2.75, 3.05) is 6.54 Å². The maximum Gasteiger partial charge on any atom is 0.414 e. The van der Waals surface area contributed by atoms with Gasteiger partial charge in [0.05, 0.1) is 12.0 Å². The van der Waals surface area contributed by atoms with E-state index in [1.165, 1.54) is 0 Å². The molecular weight excluding hydrogens is 644 g/mol. The molecule has 0 radical (unpaired) electrons. The highest BCUT2D eigenvalue weighted by atomic mass is 16.6. The van der Waals surface area contributed by atoms with E-state index in [1.807, 2.05) is 25.1 Å². The van der Waals surface area contributed by atoms with Crippen LogP contribution in [0.3, 0.4) is 0 Å². The van der Waals surface area contributed by atoms with Gasteiger partial charge in [-0.3, -0.25) is 25.2 Å². The normalized spacial score (nSPS) is 11.6. The number of carbonyl (C=O) groups excluding carboxylic acids is 4. The van der Waals surface area contributed by atoms with Gasteiger partial charge in [-0.25, -0.2) is 14.4 Å². The Bertz CT molecular complexity index is 1480. The summed E-state index contributed by atoms with van der Waals surface area (Å²) < 4.78 is 15.8. The number of aliphatic carboxylic acids is 1. The highest BCUT2D eigenvalue weighted by Crippen LogP contribution is 2.16. The van der Waals surface area contributed by atoms with E-state index < -0.39 is 42.0 Å². The third-order valence-corrected chi connectivity index (χ3v) is 7.38. The topological polar surface area (TPSA) is 182 Å².